The van der Waals surface area contributed by atoms with Crippen molar-refractivity contribution < 1.29 is 9.53 Å². The van der Waals surface area contributed by atoms with Gasteiger partial charge < -0.3 is 10.1 Å². The number of amides is 1. The maximum Gasteiger partial charge on any atom is 0.265 e. The van der Waals surface area contributed by atoms with Crippen LogP contribution in [0.1, 0.15) is 29.2 Å². The van der Waals surface area contributed by atoms with Crippen molar-refractivity contribution in [3.05, 3.63) is 57.6 Å². The van der Waals surface area contributed by atoms with Crippen LogP contribution < -0.4 is 10.1 Å². The summed E-state index contributed by atoms with van der Waals surface area (Å²) in [6.07, 6.45) is -0.602. The van der Waals surface area contributed by atoms with E-state index in [0.717, 1.165) is 33.0 Å². The fourth-order valence-corrected chi connectivity index (χ4v) is 2.45. The van der Waals surface area contributed by atoms with Gasteiger partial charge in [0.2, 0.25) is 0 Å². The second kappa shape index (κ2) is 7.05. The van der Waals surface area contributed by atoms with E-state index in [0.29, 0.717) is 5.75 Å². The summed E-state index contributed by atoms with van der Waals surface area (Å²) in [5.74, 6) is 0.469. The molecule has 23 heavy (non-hydrogen) atoms. The molecule has 122 valence electrons. The predicted molar refractivity (Wildman–Crippen MR) is 95.6 cm³/mol. The molecule has 0 fully saturated rings. The van der Waals surface area contributed by atoms with Crippen molar-refractivity contribution in [2.75, 3.05) is 5.32 Å². The first-order chi connectivity index (χ1) is 10.8. The van der Waals surface area contributed by atoms with Crippen LogP contribution in [0.25, 0.3) is 0 Å². The third-order valence-electron chi connectivity index (χ3n) is 3.74. The van der Waals surface area contributed by atoms with E-state index in [1.165, 1.54) is 0 Å². The van der Waals surface area contributed by atoms with Crippen molar-refractivity contribution in [1.82, 2.24) is 0 Å². The molecular weight excluding hydrogens is 310 g/mol. The first kappa shape index (κ1) is 17.4. The third kappa shape index (κ3) is 4.26. The molecule has 0 bridgehead atoms. The highest BCUT2D eigenvalue weighted by Gasteiger charge is 2.16. The quantitative estimate of drug-likeness (QED) is 0.858. The van der Waals surface area contributed by atoms with E-state index in [1.54, 1.807) is 6.92 Å². The molecule has 2 rings (SSSR count). The topological polar surface area (TPSA) is 38.3 Å². The summed E-state index contributed by atoms with van der Waals surface area (Å²) < 4.78 is 5.76. The van der Waals surface area contributed by atoms with E-state index in [9.17, 15) is 4.79 Å². The number of carbonyl (C=O) groups excluding carboxylic acids is 1. The van der Waals surface area contributed by atoms with Gasteiger partial charge in [-0.25, -0.2) is 0 Å². The van der Waals surface area contributed by atoms with Gasteiger partial charge in [-0.1, -0.05) is 23.7 Å². The SMILES string of the molecule is Cc1ccc(C)c(NC(=O)[C@H](C)Oc2cc(C)c(Cl)c(C)c2)c1. The monoisotopic (exact) mass is 331 g/mol. The van der Waals surface area contributed by atoms with Crippen molar-refractivity contribution in [2.45, 2.75) is 40.7 Å². The average Bonchev–Trinajstić information content (AvgIpc) is 2.48. The number of halogens is 1. The predicted octanol–water partition coefficient (Wildman–Crippen LogP) is 4.98. The number of aryl methyl sites for hydroxylation is 4. The minimum absolute atomic E-state index is 0.177. The molecule has 0 spiro atoms. The summed E-state index contributed by atoms with van der Waals surface area (Å²) in [6.45, 7) is 9.53. The van der Waals surface area contributed by atoms with E-state index in [2.05, 4.69) is 5.32 Å². The van der Waals surface area contributed by atoms with Gasteiger partial charge in [-0.2, -0.15) is 0 Å². The molecule has 0 aliphatic carbocycles. The molecule has 0 saturated carbocycles. The zero-order chi connectivity index (χ0) is 17.1. The van der Waals surface area contributed by atoms with Crippen molar-refractivity contribution in [1.29, 1.82) is 0 Å². The summed E-state index contributed by atoms with van der Waals surface area (Å²) >= 11 is 6.15. The number of rotatable bonds is 4. The molecule has 0 aliphatic rings. The summed E-state index contributed by atoms with van der Waals surface area (Å²) in [5.41, 5.74) is 4.80. The van der Waals surface area contributed by atoms with E-state index >= 15 is 0 Å². The number of anilines is 1. The molecule has 1 amide bonds. The molecule has 3 nitrogen and oxygen atoms in total. The van der Waals surface area contributed by atoms with Crippen molar-refractivity contribution in [3.63, 3.8) is 0 Å². The lowest BCUT2D eigenvalue weighted by atomic mass is 10.1. The minimum Gasteiger partial charge on any atom is -0.481 e. The fraction of sp³-hybridized carbons (Fsp3) is 0.316. The number of carbonyl (C=O) groups is 1. The molecule has 4 heteroatoms. The Morgan fingerprint density at radius 2 is 1.65 bits per heavy atom. The summed E-state index contributed by atoms with van der Waals surface area (Å²) in [5, 5.41) is 3.65. The van der Waals surface area contributed by atoms with E-state index in [1.807, 2.05) is 58.0 Å². The molecule has 1 N–H and O–H groups in total. The number of ether oxygens (including phenoxy) is 1. The Kier molecular flexibility index (Phi) is 5.32. The van der Waals surface area contributed by atoms with Gasteiger partial charge in [-0.3, -0.25) is 4.79 Å². The normalized spacial score (nSPS) is 11.9. The van der Waals surface area contributed by atoms with Crippen molar-refractivity contribution in [2.24, 2.45) is 0 Å². The van der Waals surface area contributed by atoms with Gasteiger partial charge in [0, 0.05) is 10.7 Å². The van der Waals surface area contributed by atoms with Crippen LogP contribution in [0.3, 0.4) is 0 Å². The van der Waals surface area contributed by atoms with Crippen LogP contribution in [0, 0.1) is 27.7 Å². The molecule has 0 unspecified atom stereocenters. The van der Waals surface area contributed by atoms with Crippen molar-refractivity contribution >= 4 is 23.2 Å². The Bertz CT molecular complexity index is 717. The second-order valence-corrected chi connectivity index (χ2v) is 6.32. The third-order valence-corrected chi connectivity index (χ3v) is 4.34. The minimum atomic E-state index is -0.602. The first-order valence-corrected chi connectivity index (χ1v) is 7.97. The number of hydrogen-bond donors (Lipinski definition) is 1. The van der Waals surface area contributed by atoms with E-state index in [4.69, 9.17) is 16.3 Å². The Hall–Kier alpha value is -2.00. The van der Waals surface area contributed by atoms with E-state index in [-0.39, 0.29) is 5.91 Å². The molecule has 0 aromatic heterocycles. The highest BCUT2D eigenvalue weighted by atomic mass is 35.5. The van der Waals surface area contributed by atoms with Gasteiger partial charge in [0.15, 0.2) is 6.10 Å². The molecule has 1 atom stereocenters. The molecule has 2 aromatic rings. The van der Waals surface area contributed by atoms with Gasteiger partial charge in [-0.05, 0) is 75.1 Å². The smallest absolute Gasteiger partial charge is 0.265 e. The van der Waals surface area contributed by atoms with Crippen LogP contribution in [0.5, 0.6) is 5.75 Å². The maximum atomic E-state index is 12.4. The highest BCUT2D eigenvalue weighted by Crippen LogP contribution is 2.26. The molecule has 0 heterocycles. The summed E-state index contributed by atoms with van der Waals surface area (Å²) in [6, 6.07) is 9.65. The number of hydrogen-bond acceptors (Lipinski definition) is 2. The second-order valence-electron chi connectivity index (χ2n) is 5.94. The largest absolute Gasteiger partial charge is 0.481 e. The van der Waals surface area contributed by atoms with Gasteiger partial charge in [0.05, 0.1) is 0 Å². The lowest BCUT2D eigenvalue weighted by Gasteiger charge is -2.17. The lowest BCUT2D eigenvalue weighted by molar-refractivity contribution is -0.122. The molecular formula is C19H22ClNO2. The Balaban J connectivity index is 2.10. The first-order valence-electron chi connectivity index (χ1n) is 7.59. The Morgan fingerprint density at radius 1 is 1.04 bits per heavy atom. The standard InChI is InChI=1S/C19H22ClNO2/c1-11-6-7-12(2)17(8-11)21-19(22)15(5)23-16-9-13(3)18(20)14(4)10-16/h6-10,15H,1-5H3,(H,21,22)/t15-/m0/s1. The van der Waals surface area contributed by atoms with Crippen LogP contribution in [-0.2, 0) is 4.79 Å². The molecule has 0 aliphatic heterocycles. The van der Waals surface area contributed by atoms with Crippen LogP contribution in [-0.4, -0.2) is 12.0 Å². The van der Waals surface area contributed by atoms with Crippen LogP contribution in [0.4, 0.5) is 5.69 Å². The lowest BCUT2D eigenvalue weighted by Crippen LogP contribution is -2.30. The van der Waals surface area contributed by atoms with E-state index < -0.39 is 6.10 Å². The summed E-state index contributed by atoms with van der Waals surface area (Å²) in [4.78, 5) is 12.4. The average molecular weight is 332 g/mol. The number of benzene rings is 2. The van der Waals surface area contributed by atoms with Crippen LogP contribution >= 0.6 is 11.6 Å². The van der Waals surface area contributed by atoms with Crippen LogP contribution in [0.15, 0.2) is 30.3 Å². The Labute approximate surface area is 142 Å². The number of nitrogens with one attached hydrogen (secondary N) is 1. The zero-order valence-electron chi connectivity index (χ0n) is 14.2. The molecule has 2 aromatic carbocycles. The van der Waals surface area contributed by atoms with Gasteiger partial charge in [0.1, 0.15) is 5.75 Å². The summed E-state index contributed by atoms with van der Waals surface area (Å²) in [7, 11) is 0. The van der Waals surface area contributed by atoms with Gasteiger partial charge >= 0.3 is 0 Å². The van der Waals surface area contributed by atoms with Crippen LogP contribution in [0.2, 0.25) is 5.02 Å². The van der Waals surface area contributed by atoms with Gasteiger partial charge in [0.25, 0.3) is 5.91 Å². The maximum absolute atomic E-state index is 12.4. The molecule has 0 saturated heterocycles. The highest BCUT2D eigenvalue weighted by molar-refractivity contribution is 6.32. The Morgan fingerprint density at radius 3 is 2.26 bits per heavy atom. The fourth-order valence-electron chi connectivity index (χ4n) is 2.34. The van der Waals surface area contributed by atoms with Crippen molar-refractivity contribution in [3.8, 4) is 5.75 Å². The zero-order valence-corrected chi connectivity index (χ0v) is 14.9. The molecule has 0 radical (unpaired) electrons. The van der Waals surface area contributed by atoms with Gasteiger partial charge in [-0.15, -0.1) is 0 Å².